The second kappa shape index (κ2) is 4.41. The first kappa shape index (κ1) is 13.7. The summed E-state index contributed by atoms with van der Waals surface area (Å²) >= 11 is 0. The maximum atomic E-state index is 12.3. The first-order chi connectivity index (χ1) is 8.74. The predicted octanol–water partition coefficient (Wildman–Crippen LogP) is 1.85. The van der Waals surface area contributed by atoms with Gasteiger partial charge in [-0.15, -0.1) is 18.2 Å². The quantitative estimate of drug-likeness (QED) is 0.794. The van der Waals surface area contributed by atoms with E-state index in [1.54, 1.807) is 0 Å². The smallest absolute Gasteiger partial charge is 0.423 e. The highest BCUT2D eigenvalue weighted by atomic mass is 32.2. The van der Waals surface area contributed by atoms with Gasteiger partial charge in [0.25, 0.3) is 0 Å². The summed E-state index contributed by atoms with van der Waals surface area (Å²) in [5, 5.41) is 0. The summed E-state index contributed by atoms with van der Waals surface area (Å²) in [6, 6.07) is 5.73. The Balaban J connectivity index is 2.93. The Morgan fingerprint density at radius 2 is 1.95 bits per heavy atom. The summed E-state index contributed by atoms with van der Waals surface area (Å²) in [5.74, 6) is -0.373. The molecule has 1 aromatic heterocycles. The van der Waals surface area contributed by atoms with Gasteiger partial charge in [-0.05, 0) is 19.1 Å². The molecule has 0 aliphatic heterocycles. The maximum absolute atomic E-state index is 12.3. The Bertz CT molecular complexity index is 771. The number of halogens is 3. The molecular formula is C10H9F3N2O3S. The van der Waals surface area contributed by atoms with Crippen LogP contribution in [-0.4, -0.2) is 24.4 Å². The molecule has 2 rings (SSSR count). The largest absolute Gasteiger partial charge is 0.507 e. The molecule has 5 nitrogen and oxygen atoms in total. The van der Waals surface area contributed by atoms with Crippen LogP contribution in [0.5, 0.6) is 0 Å². The van der Waals surface area contributed by atoms with E-state index in [0.717, 1.165) is 0 Å². The van der Waals surface area contributed by atoms with Crippen molar-refractivity contribution >= 4 is 21.1 Å². The number of aromatic nitrogens is 1. The molecule has 0 bridgehead atoms. The molecule has 0 saturated heterocycles. The molecule has 0 fully saturated rings. The van der Waals surface area contributed by atoms with Gasteiger partial charge in [-0.3, -0.25) is 0 Å². The number of benzene rings is 1. The molecule has 104 valence electrons. The summed E-state index contributed by atoms with van der Waals surface area (Å²) in [5.41, 5.74) is -0.967. The molecule has 0 atom stereocenters. The number of hydrogen-bond donors (Lipinski definition) is 0. The zero-order chi connectivity index (χ0) is 14.3. The standard InChI is InChI=1S/C10H9F3N2O3S/c1-2-19(16,17)15-7-5-3-4-6-8(7)18-9(15)14-10(11,12)13/h3-6H,2H2,1H3/b14-9+. The van der Waals surface area contributed by atoms with Crippen LogP contribution < -0.4 is 5.68 Å². The van der Waals surface area contributed by atoms with E-state index in [0.29, 0.717) is 3.97 Å². The normalized spacial score (nSPS) is 14.2. The number of fused-ring (bicyclic) bond motifs is 1. The van der Waals surface area contributed by atoms with E-state index in [1.807, 2.05) is 0 Å². The Hall–Kier alpha value is -1.77. The lowest BCUT2D eigenvalue weighted by Crippen LogP contribution is -2.28. The van der Waals surface area contributed by atoms with Crippen LogP contribution in [0.4, 0.5) is 13.2 Å². The fourth-order valence-corrected chi connectivity index (χ4v) is 2.55. The van der Waals surface area contributed by atoms with Crippen molar-refractivity contribution in [3.63, 3.8) is 0 Å². The van der Waals surface area contributed by atoms with E-state index in [1.165, 1.54) is 31.2 Å². The molecule has 0 spiro atoms. The van der Waals surface area contributed by atoms with E-state index < -0.39 is 22.0 Å². The second-order valence-electron chi connectivity index (χ2n) is 3.60. The van der Waals surface area contributed by atoms with Gasteiger partial charge < -0.3 is 4.42 Å². The number of nitrogens with zero attached hydrogens (tertiary/aromatic N) is 2. The van der Waals surface area contributed by atoms with E-state index in [4.69, 9.17) is 4.42 Å². The van der Waals surface area contributed by atoms with Crippen LogP contribution in [0.1, 0.15) is 6.92 Å². The fourth-order valence-electron chi connectivity index (χ4n) is 1.53. The Morgan fingerprint density at radius 3 is 2.53 bits per heavy atom. The first-order valence-corrected chi connectivity index (χ1v) is 6.82. The molecule has 0 N–H and O–H groups in total. The van der Waals surface area contributed by atoms with Crippen molar-refractivity contribution in [3.8, 4) is 0 Å². The molecule has 0 aliphatic carbocycles. The lowest BCUT2D eigenvalue weighted by molar-refractivity contribution is -0.125. The summed E-state index contributed by atoms with van der Waals surface area (Å²) in [6.07, 6.45) is -4.92. The molecule has 0 unspecified atom stereocenters. The third-order valence-electron chi connectivity index (χ3n) is 2.32. The van der Waals surface area contributed by atoms with E-state index in [9.17, 15) is 21.6 Å². The highest BCUT2D eigenvalue weighted by molar-refractivity contribution is 7.90. The van der Waals surface area contributed by atoms with Gasteiger partial charge in [-0.1, -0.05) is 12.1 Å². The van der Waals surface area contributed by atoms with Crippen molar-refractivity contribution in [1.82, 2.24) is 3.97 Å². The fraction of sp³-hybridized carbons (Fsp3) is 0.300. The molecule has 0 saturated carbocycles. The summed E-state index contributed by atoms with van der Waals surface area (Å²) in [7, 11) is -3.96. The predicted molar refractivity (Wildman–Crippen MR) is 60.7 cm³/mol. The molecule has 19 heavy (non-hydrogen) atoms. The Labute approximate surface area is 106 Å². The van der Waals surface area contributed by atoms with Crippen LogP contribution >= 0.6 is 0 Å². The molecule has 1 heterocycles. The third kappa shape index (κ3) is 2.65. The average Bonchev–Trinajstić information content (AvgIpc) is 2.64. The summed E-state index contributed by atoms with van der Waals surface area (Å²) < 4.78 is 66.0. The van der Waals surface area contributed by atoms with Crippen LogP contribution in [-0.2, 0) is 10.0 Å². The minimum atomic E-state index is -4.92. The van der Waals surface area contributed by atoms with Gasteiger partial charge in [0, 0.05) is 0 Å². The second-order valence-corrected chi connectivity index (χ2v) is 5.70. The van der Waals surface area contributed by atoms with Gasteiger partial charge in [0.15, 0.2) is 5.58 Å². The maximum Gasteiger partial charge on any atom is 0.507 e. The van der Waals surface area contributed by atoms with Gasteiger partial charge >= 0.3 is 12.0 Å². The molecule has 0 amide bonds. The summed E-state index contributed by atoms with van der Waals surface area (Å²) in [4.78, 5) is 2.36. The van der Waals surface area contributed by atoms with Crippen molar-refractivity contribution < 1.29 is 26.0 Å². The van der Waals surface area contributed by atoms with E-state index >= 15 is 0 Å². The molecule has 9 heteroatoms. The molecular weight excluding hydrogens is 285 g/mol. The molecule has 1 aromatic carbocycles. The average molecular weight is 294 g/mol. The van der Waals surface area contributed by atoms with Gasteiger partial charge in [0.1, 0.15) is 5.52 Å². The van der Waals surface area contributed by atoms with E-state index in [2.05, 4.69) is 4.99 Å². The lowest BCUT2D eigenvalue weighted by Gasteiger charge is -2.03. The minimum absolute atomic E-state index is 0.0162. The van der Waals surface area contributed by atoms with Crippen LogP contribution in [0.15, 0.2) is 33.7 Å². The number of oxazole rings is 1. The van der Waals surface area contributed by atoms with Crippen molar-refractivity contribution in [2.75, 3.05) is 5.75 Å². The topological polar surface area (TPSA) is 64.6 Å². The molecule has 2 aromatic rings. The van der Waals surface area contributed by atoms with Crippen LogP contribution in [0, 0.1) is 0 Å². The number of hydrogen-bond acceptors (Lipinski definition) is 4. The van der Waals surface area contributed by atoms with Crippen LogP contribution in [0.2, 0.25) is 0 Å². The van der Waals surface area contributed by atoms with Gasteiger partial charge in [0.2, 0.25) is 10.0 Å². The zero-order valence-electron chi connectivity index (χ0n) is 9.68. The first-order valence-electron chi connectivity index (χ1n) is 5.21. The van der Waals surface area contributed by atoms with Crippen molar-refractivity contribution in [3.05, 3.63) is 29.9 Å². The summed E-state index contributed by atoms with van der Waals surface area (Å²) in [6.45, 7) is 1.32. The zero-order valence-corrected chi connectivity index (χ0v) is 10.5. The van der Waals surface area contributed by atoms with Crippen LogP contribution in [0.25, 0.3) is 11.1 Å². The highest BCUT2D eigenvalue weighted by Gasteiger charge is 2.29. The Morgan fingerprint density at radius 1 is 1.32 bits per heavy atom. The minimum Gasteiger partial charge on any atom is -0.423 e. The van der Waals surface area contributed by atoms with Gasteiger partial charge in [0.05, 0.1) is 5.75 Å². The Kier molecular flexibility index (Phi) is 3.17. The van der Waals surface area contributed by atoms with Crippen molar-refractivity contribution in [1.29, 1.82) is 0 Å². The van der Waals surface area contributed by atoms with E-state index in [-0.39, 0.29) is 16.9 Å². The number of alkyl halides is 3. The SMILES string of the molecule is CCS(=O)(=O)n1/c(=N\C(F)(F)F)oc2ccccc21. The van der Waals surface area contributed by atoms with Gasteiger partial charge in [-0.25, -0.2) is 8.42 Å². The lowest BCUT2D eigenvalue weighted by atomic mass is 10.3. The third-order valence-corrected chi connectivity index (χ3v) is 3.96. The van der Waals surface area contributed by atoms with Gasteiger partial charge in [-0.2, -0.15) is 3.97 Å². The monoisotopic (exact) mass is 294 g/mol. The number of para-hydroxylation sites is 2. The highest BCUT2D eigenvalue weighted by Crippen LogP contribution is 2.18. The molecule has 0 radical (unpaired) electrons. The van der Waals surface area contributed by atoms with Crippen molar-refractivity contribution in [2.45, 2.75) is 13.2 Å². The molecule has 0 aliphatic rings. The number of rotatable bonds is 2. The van der Waals surface area contributed by atoms with Crippen LogP contribution in [0.3, 0.4) is 0 Å². The van der Waals surface area contributed by atoms with Crippen molar-refractivity contribution in [2.24, 2.45) is 4.99 Å².